The van der Waals surface area contributed by atoms with E-state index in [4.69, 9.17) is 10.7 Å². The monoisotopic (exact) mass is 356 g/mol. The molecule has 2 heterocycles. The van der Waals surface area contributed by atoms with Crippen molar-refractivity contribution in [2.45, 2.75) is 84.0 Å². The van der Waals surface area contributed by atoms with E-state index in [2.05, 4.69) is 22.9 Å². The first-order valence-corrected chi connectivity index (χ1v) is 10.8. The maximum absolute atomic E-state index is 6.18. The second kappa shape index (κ2) is 10.1. The number of allylic oxidation sites excluding steroid dienone is 2. The number of hydrogen-bond acceptors (Lipinski definition) is 4. The van der Waals surface area contributed by atoms with Gasteiger partial charge in [0.1, 0.15) is 11.6 Å². The van der Waals surface area contributed by atoms with Crippen molar-refractivity contribution in [3.63, 3.8) is 0 Å². The number of likely N-dealkylation sites (tertiary alicyclic amines) is 1. The van der Waals surface area contributed by atoms with Crippen molar-refractivity contribution < 1.29 is 0 Å². The lowest BCUT2D eigenvalue weighted by atomic mass is 10.0. The molecule has 0 unspecified atom stereocenters. The quantitative estimate of drug-likeness (QED) is 0.613. The van der Waals surface area contributed by atoms with Crippen molar-refractivity contribution >= 4 is 11.4 Å². The molecule has 0 aromatic carbocycles. The Bertz CT molecular complexity index is 602. The van der Waals surface area contributed by atoms with Crippen molar-refractivity contribution in [2.24, 2.45) is 0 Å². The van der Waals surface area contributed by atoms with Gasteiger partial charge < -0.3 is 10.6 Å². The maximum atomic E-state index is 6.18. The molecule has 0 bridgehead atoms. The third-order valence-corrected chi connectivity index (χ3v) is 5.82. The number of rotatable bonds is 10. The summed E-state index contributed by atoms with van der Waals surface area (Å²) in [7, 11) is 0. The molecule has 1 aromatic rings. The first-order valence-electron chi connectivity index (χ1n) is 10.8. The fourth-order valence-corrected chi connectivity index (χ4v) is 4.19. The number of fused-ring (bicyclic) bond motifs is 1. The van der Waals surface area contributed by atoms with Gasteiger partial charge in [0, 0.05) is 12.0 Å². The maximum Gasteiger partial charge on any atom is 0.131 e. The molecule has 144 valence electrons. The van der Waals surface area contributed by atoms with Gasteiger partial charge in [0.25, 0.3) is 0 Å². The molecule has 0 atom stereocenters. The minimum Gasteiger partial charge on any atom is -0.383 e. The number of hydrogen-bond donors (Lipinski definition) is 1. The fraction of sp³-hybridized carbons (Fsp3) is 0.727. The number of unbranched alkanes of at least 4 members (excludes halogenated alkanes) is 4. The number of anilines is 1. The number of piperidine rings is 1. The molecule has 1 aliphatic heterocycles. The largest absolute Gasteiger partial charge is 0.383 e. The Kier molecular flexibility index (Phi) is 7.48. The SMILES string of the molecule is CCCCc1nc(N)c2c(n1)C(CCCCCCN1CCCCC1)=CC2. The van der Waals surface area contributed by atoms with Gasteiger partial charge in [-0.3, -0.25) is 0 Å². The van der Waals surface area contributed by atoms with E-state index in [1.165, 1.54) is 76.6 Å². The smallest absolute Gasteiger partial charge is 0.131 e. The van der Waals surface area contributed by atoms with Crippen molar-refractivity contribution in [3.8, 4) is 0 Å². The van der Waals surface area contributed by atoms with E-state index in [9.17, 15) is 0 Å². The summed E-state index contributed by atoms with van der Waals surface area (Å²) in [6.45, 7) is 6.15. The Morgan fingerprint density at radius 2 is 1.77 bits per heavy atom. The number of nitrogens with zero attached hydrogens (tertiary/aromatic N) is 3. The Hall–Kier alpha value is -1.42. The fourth-order valence-electron chi connectivity index (χ4n) is 4.19. The summed E-state index contributed by atoms with van der Waals surface area (Å²) in [6.07, 6.45) is 17.2. The van der Waals surface area contributed by atoms with Gasteiger partial charge in [-0.2, -0.15) is 0 Å². The highest BCUT2D eigenvalue weighted by Gasteiger charge is 2.20. The number of nitrogen functional groups attached to an aromatic ring is 1. The topological polar surface area (TPSA) is 55.0 Å². The van der Waals surface area contributed by atoms with Crippen molar-refractivity contribution in [3.05, 3.63) is 23.2 Å². The van der Waals surface area contributed by atoms with E-state index in [1.54, 1.807) is 0 Å². The van der Waals surface area contributed by atoms with Gasteiger partial charge in [0.15, 0.2) is 0 Å². The molecule has 0 amide bonds. The Balaban J connectivity index is 1.40. The predicted octanol–water partition coefficient (Wildman–Crippen LogP) is 4.78. The molecule has 0 spiro atoms. The van der Waals surface area contributed by atoms with Gasteiger partial charge >= 0.3 is 0 Å². The average molecular weight is 357 g/mol. The molecule has 1 fully saturated rings. The minimum atomic E-state index is 0.703. The van der Waals surface area contributed by atoms with Crippen LogP contribution in [0, 0.1) is 0 Å². The van der Waals surface area contributed by atoms with Gasteiger partial charge in [0.2, 0.25) is 0 Å². The standard InChI is InChI=1S/C22H36N4/c1-2-3-12-20-24-21-18(13-14-19(21)22(23)25-20)11-7-4-5-8-15-26-16-9-6-10-17-26/h13H,2-12,14-17H2,1H3,(H2,23,24,25). The lowest BCUT2D eigenvalue weighted by Crippen LogP contribution is -2.30. The van der Waals surface area contributed by atoms with Crippen LogP contribution in [0.1, 0.15) is 88.2 Å². The molecule has 1 saturated heterocycles. The molecule has 2 aliphatic rings. The molecular formula is C22H36N4. The normalized spacial score (nSPS) is 17.3. The average Bonchev–Trinajstić information content (AvgIpc) is 3.07. The van der Waals surface area contributed by atoms with E-state index < -0.39 is 0 Å². The number of aryl methyl sites for hydroxylation is 1. The minimum absolute atomic E-state index is 0.703. The van der Waals surface area contributed by atoms with Crippen LogP contribution in [-0.2, 0) is 12.8 Å². The first kappa shape index (κ1) is 19.3. The van der Waals surface area contributed by atoms with E-state index in [-0.39, 0.29) is 0 Å². The predicted molar refractivity (Wildman–Crippen MR) is 110 cm³/mol. The number of aromatic nitrogens is 2. The molecule has 4 nitrogen and oxygen atoms in total. The van der Waals surface area contributed by atoms with E-state index >= 15 is 0 Å². The number of nitrogens with two attached hydrogens (primary N) is 1. The Morgan fingerprint density at radius 1 is 0.962 bits per heavy atom. The zero-order valence-corrected chi connectivity index (χ0v) is 16.6. The van der Waals surface area contributed by atoms with Crippen LogP contribution in [0.3, 0.4) is 0 Å². The van der Waals surface area contributed by atoms with E-state index in [1.807, 2.05) is 0 Å². The lowest BCUT2D eigenvalue weighted by molar-refractivity contribution is 0.224. The molecule has 1 aliphatic carbocycles. The Labute approximate surface area is 159 Å². The van der Waals surface area contributed by atoms with Gasteiger partial charge in [-0.15, -0.1) is 0 Å². The third-order valence-electron chi connectivity index (χ3n) is 5.82. The van der Waals surface area contributed by atoms with Crippen LogP contribution in [0.5, 0.6) is 0 Å². The summed E-state index contributed by atoms with van der Waals surface area (Å²) in [4.78, 5) is 12.0. The molecular weight excluding hydrogens is 320 g/mol. The van der Waals surface area contributed by atoms with Gasteiger partial charge in [-0.25, -0.2) is 9.97 Å². The molecule has 2 N–H and O–H groups in total. The summed E-state index contributed by atoms with van der Waals surface area (Å²) in [6, 6.07) is 0. The second-order valence-corrected chi connectivity index (χ2v) is 7.96. The Morgan fingerprint density at radius 3 is 2.58 bits per heavy atom. The third kappa shape index (κ3) is 5.29. The highest BCUT2D eigenvalue weighted by Crippen LogP contribution is 2.32. The van der Waals surface area contributed by atoms with Crippen LogP contribution in [-0.4, -0.2) is 34.5 Å². The van der Waals surface area contributed by atoms with Crippen LogP contribution >= 0.6 is 0 Å². The summed E-state index contributed by atoms with van der Waals surface area (Å²) in [5.74, 6) is 1.63. The molecule has 0 saturated carbocycles. The van der Waals surface area contributed by atoms with E-state index in [0.29, 0.717) is 5.82 Å². The van der Waals surface area contributed by atoms with Crippen LogP contribution in [0.25, 0.3) is 5.57 Å². The zero-order valence-electron chi connectivity index (χ0n) is 16.6. The molecule has 26 heavy (non-hydrogen) atoms. The highest BCUT2D eigenvalue weighted by atomic mass is 15.1. The van der Waals surface area contributed by atoms with Crippen LogP contribution in [0.4, 0.5) is 5.82 Å². The zero-order chi connectivity index (χ0) is 18.2. The van der Waals surface area contributed by atoms with Gasteiger partial charge in [0.05, 0.1) is 5.69 Å². The first-order chi connectivity index (χ1) is 12.8. The van der Waals surface area contributed by atoms with Crippen LogP contribution in [0.2, 0.25) is 0 Å². The van der Waals surface area contributed by atoms with Crippen LogP contribution in [0.15, 0.2) is 6.08 Å². The second-order valence-electron chi connectivity index (χ2n) is 7.96. The summed E-state index contributed by atoms with van der Waals surface area (Å²) in [5, 5.41) is 0. The van der Waals surface area contributed by atoms with Crippen molar-refractivity contribution in [1.82, 2.24) is 14.9 Å². The van der Waals surface area contributed by atoms with Crippen molar-refractivity contribution in [2.75, 3.05) is 25.4 Å². The van der Waals surface area contributed by atoms with Crippen molar-refractivity contribution in [1.29, 1.82) is 0 Å². The molecule has 0 radical (unpaired) electrons. The molecule has 4 heteroatoms. The summed E-state index contributed by atoms with van der Waals surface area (Å²) < 4.78 is 0. The summed E-state index contributed by atoms with van der Waals surface area (Å²) in [5.41, 5.74) is 9.90. The van der Waals surface area contributed by atoms with Gasteiger partial charge in [-0.05, 0) is 70.2 Å². The van der Waals surface area contributed by atoms with Crippen LogP contribution < -0.4 is 5.73 Å². The van der Waals surface area contributed by atoms with E-state index in [0.717, 1.165) is 42.8 Å². The summed E-state index contributed by atoms with van der Waals surface area (Å²) >= 11 is 0. The molecule has 1 aromatic heterocycles. The lowest BCUT2D eigenvalue weighted by Gasteiger charge is -2.26. The highest BCUT2D eigenvalue weighted by molar-refractivity contribution is 5.73. The van der Waals surface area contributed by atoms with Gasteiger partial charge in [-0.1, -0.05) is 38.7 Å². The molecule has 3 rings (SSSR count).